The molecule has 5 rings (SSSR count). The lowest BCUT2D eigenvalue weighted by molar-refractivity contribution is 0.733. The fourth-order valence-electron chi connectivity index (χ4n) is 3.42. The molecule has 0 N–H and O–H groups in total. The van der Waals surface area contributed by atoms with Crippen LogP contribution in [0.1, 0.15) is 21.1 Å². The molecule has 4 aromatic heterocycles. The number of nitrogens with zero attached hydrogens (tertiary/aromatic N) is 5. The topological polar surface area (TPSA) is 57.2 Å². The summed E-state index contributed by atoms with van der Waals surface area (Å²) >= 11 is 3.53. The second kappa shape index (κ2) is 5.94. The van der Waals surface area contributed by atoms with Crippen molar-refractivity contribution in [3.05, 3.63) is 57.0 Å². The number of pyridine rings is 1. The molecule has 0 fully saturated rings. The molecule has 0 aromatic carbocycles. The second-order valence-electron chi connectivity index (χ2n) is 6.31. The lowest BCUT2D eigenvalue weighted by Crippen LogP contribution is -2.30. The third kappa shape index (κ3) is 2.42. The zero-order valence-electron chi connectivity index (χ0n) is 14.1. The van der Waals surface area contributed by atoms with Gasteiger partial charge < -0.3 is 4.90 Å². The molecule has 7 heteroatoms. The van der Waals surface area contributed by atoms with Crippen molar-refractivity contribution in [2.45, 2.75) is 19.9 Å². The Hall–Kier alpha value is -2.69. The second-order valence-corrected chi connectivity index (χ2v) is 8.51. The van der Waals surface area contributed by atoms with Gasteiger partial charge in [-0.2, -0.15) is 5.26 Å². The van der Waals surface area contributed by atoms with Gasteiger partial charge in [0.1, 0.15) is 11.7 Å². The van der Waals surface area contributed by atoms with Crippen molar-refractivity contribution in [1.29, 1.82) is 5.26 Å². The molecule has 0 radical (unpaired) electrons. The normalized spacial score (nSPS) is 13.8. The first-order chi connectivity index (χ1) is 12.7. The maximum atomic E-state index is 9.64. The molecule has 0 amide bonds. The summed E-state index contributed by atoms with van der Waals surface area (Å²) in [5.74, 6) is 0.779. The Bertz CT molecular complexity index is 1160. The number of hydrogen-bond acceptors (Lipinski definition) is 6. The molecule has 0 unspecified atom stereocenters. The lowest BCUT2D eigenvalue weighted by atomic mass is 10.1. The third-order valence-electron chi connectivity index (χ3n) is 4.66. The number of aromatic nitrogens is 3. The molecule has 1 aliphatic heterocycles. The van der Waals surface area contributed by atoms with Gasteiger partial charge >= 0.3 is 0 Å². The first-order valence-corrected chi connectivity index (χ1v) is 10.1. The molecular formula is C19H15N5S2. The third-order valence-corrected chi connectivity index (χ3v) is 6.69. The number of rotatable bonds is 2. The smallest absolute Gasteiger partial charge is 0.169 e. The van der Waals surface area contributed by atoms with E-state index in [9.17, 15) is 5.26 Å². The number of anilines is 1. The summed E-state index contributed by atoms with van der Waals surface area (Å²) in [7, 11) is 0. The number of thiazole rings is 1. The van der Waals surface area contributed by atoms with Gasteiger partial charge in [0.2, 0.25) is 0 Å². The summed E-state index contributed by atoms with van der Waals surface area (Å²) < 4.78 is 1.86. The fourth-order valence-corrected chi connectivity index (χ4v) is 5.24. The molecular weight excluding hydrogens is 362 g/mol. The summed E-state index contributed by atoms with van der Waals surface area (Å²) in [6, 6.07) is 10.4. The summed E-state index contributed by atoms with van der Waals surface area (Å²) in [5.41, 5.74) is 3.81. The van der Waals surface area contributed by atoms with E-state index >= 15 is 0 Å². The van der Waals surface area contributed by atoms with Crippen LogP contribution in [0.2, 0.25) is 0 Å². The van der Waals surface area contributed by atoms with E-state index in [-0.39, 0.29) is 0 Å². The van der Waals surface area contributed by atoms with Crippen molar-refractivity contribution in [1.82, 2.24) is 14.4 Å². The molecule has 5 heterocycles. The van der Waals surface area contributed by atoms with Crippen molar-refractivity contribution in [3.63, 3.8) is 0 Å². The summed E-state index contributed by atoms with van der Waals surface area (Å²) in [4.78, 5) is 14.2. The van der Waals surface area contributed by atoms with Crippen LogP contribution < -0.4 is 4.90 Å². The van der Waals surface area contributed by atoms with Crippen LogP contribution in [-0.2, 0) is 13.0 Å². The standard InChI is InChI=1S/C19H15N5S2/c1-12-21-14(11-25-12)17-8-13-10-23(7-5-16(13)26-17)19-15(9-20)24-6-3-2-4-18(24)22-19/h2-4,6,8,11H,5,7,10H2,1H3. The minimum Gasteiger partial charge on any atom is -0.349 e. The van der Waals surface area contributed by atoms with Gasteiger partial charge in [0, 0.05) is 29.5 Å². The Morgan fingerprint density at radius 2 is 2.19 bits per heavy atom. The van der Waals surface area contributed by atoms with E-state index in [4.69, 9.17) is 4.98 Å². The number of aryl methyl sites for hydroxylation is 1. The van der Waals surface area contributed by atoms with Crippen molar-refractivity contribution < 1.29 is 0 Å². The van der Waals surface area contributed by atoms with Gasteiger partial charge in [-0.15, -0.1) is 22.7 Å². The van der Waals surface area contributed by atoms with E-state index in [1.54, 1.807) is 11.3 Å². The number of hydrogen-bond donors (Lipinski definition) is 0. The van der Waals surface area contributed by atoms with Crippen LogP contribution in [0.3, 0.4) is 0 Å². The minimum absolute atomic E-state index is 0.606. The molecule has 0 saturated carbocycles. The summed E-state index contributed by atoms with van der Waals surface area (Å²) in [5, 5.41) is 12.9. The van der Waals surface area contributed by atoms with E-state index < -0.39 is 0 Å². The summed E-state index contributed by atoms with van der Waals surface area (Å²) in [6.45, 7) is 3.70. The first kappa shape index (κ1) is 15.6. The molecule has 4 aromatic rings. The Morgan fingerprint density at radius 3 is 3.00 bits per heavy atom. The quantitative estimate of drug-likeness (QED) is 0.524. The lowest BCUT2D eigenvalue weighted by Gasteiger charge is -2.27. The van der Waals surface area contributed by atoms with Gasteiger partial charge in [-0.05, 0) is 37.1 Å². The van der Waals surface area contributed by atoms with Crippen LogP contribution in [0, 0.1) is 18.3 Å². The Labute approximate surface area is 158 Å². The van der Waals surface area contributed by atoms with E-state index in [2.05, 4.69) is 27.4 Å². The molecule has 0 spiro atoms. The molecule has 128 valence electrons. The Balaban J connectivity index is 1.51. The van der Waals surface area contributed by atoms with Crippen molar-refractivity contribution >= 4 is 34.1 Å². The number of imidazole rings is 1. The van der Waals surface area contributed by atoms with Crippen molar-refractivity contribution in [2.75, 3.05) is 11.4 Å². The molecule has 1 aliphatic rings. The first-order valence-electron chi connectivity index (χ1n) is 8.39. The number of fused-ring (bicyclic) bond motifs is 2. The van der Waals surface area contributed by atoms with Crippen LogP contribution in [0.4, 0.5) is 5.82 Å². The molecule has 26 heavy (non-hydrogen) atoms. The molecule has 0 bridgehead atoms. The monoisotopic (exact) mass is 377 g/mol. The fraction of sp³-hybridized carbons (Fsp3) is 0.211. The molecule has 5 nitrogen and oxygen atoms in total. The minimum atomic E-state index is 0.606. The highest BCUT2D eigenvalue weighted by Gasteiger charge is 2.25. The van der Waals surface area contributed by atoms with Crippen LogP contribution in [0.5, 0.6) is 0 Å². The highest BCUT2D eigenvalue weighted by Crippen LogP contribution is 2.36. The average molecular weight is 377 g/mol. The Kier molecular flexibility index (Phi) is 3.55. The van der Waals surface area contributed by atoms with Crippen molar-refractivity contribution in [2.24, 2.45) is 0 Å². The predicted molar refractivity (Wildman–Crippen MR) is 105 cm³/mol. The average Bonchev–Trinajstić information content (AvgIpc) is 3.36. The molecule has 0 atom stereocenters. The predicted octanol–water partition coefficient (Wildman–Crippen LogP) is 4.26. The maximum Gasteiger partial charge on any atom is 0.169 e. The van der Waals surface area contributed by atoms with Gasteiger partial charge in [0.25, 0.3) is 0 Å². The highest BCUT2D eigenvalue weighted by molar-refractivity contribution is 7.16. The van der Waals surface area contributed by atoms with Crippen LogP contribution in [0.15, 0.2) is 35.8 Å². The van der Waals surface area contributed by atoms with E-state index in [1.165, 1.54) is 15.3 Å². The number of thiophene rings is 1. The van der Waals surface area contributed by atoms with Crippen LogP contribution in [0.25, 0.3) is 16.2 Å². The van der Waals surface area contributed by atoms with E-state index in [0.29, 0.717) is 5.69 Å². The van der Waals surface area contributed by atoms with Gasteiger partial charge in [-0.3, -0.25) is 4.40 Å². The van der Waals surface area contributed by atoms with Crippen LogP contribution in [-0.4, -0.2) is 20.9 Å². The largest absolute Gasteiger partial charge is 0.349 e. The molecule has 0 aliphatic carbocycles. The Morgan fingerprint density at radius 1 is 1.27 bits per heavy atom. The number of nitriles is 1. The van der Waals surface area contributed by atoms with Gasteiger partial charge in [0.05, 0.1) is 15.6 Å². The van der Waals surface area contributed by atoms with E-state index in [0.717, 1.165) is 41.7 Å². The van der Waals surface area contributed by atoms with Gasteiger partial charge in [-0.1, -0.05) is 6.07 Å². The van der Waals surface area contributed by atoms with Crippen LogP contribution >= 0.6 is 22.7 Å². The van der Waals surface area contributed by atoms with Gasteiger partial charge in [-0.25, -0.2) is 9.97 Å². The summed E-state index contributed by atoms with van der Waals surface area (Å²) in [6.07, 6.45) is 2.87. The van der Waals surface area contributed by atoms with Gasteiger partial charge in [0.15, 0.2) is 11.5 Å². The SMILES string of the molecule is Cc1nc(-c2cc3c(s2)CCN(c2nc4ccccn4c2C#N)C3)cs1. The molecule has 0 saturated heterocycles. The highest BCUT2D eigenvalue weighted by atomic mass is 32.1. The zero-order chi connectivity index (χ0) is 17.7. The maximum absolute atomic E-state index is 9.64. The zero-order valence-corrected chi connectivity index (χ0v) is 15.8. The van der Waals surface area contributed by atoms with E-state index in [1.807, 2.05) is 47.1 Å². The van der Waals surface area contributed by atoms with Crippen molar-refractivity contribution in [3.8, 4) is 16.6 Å².